The Bertz CT molecular complexity index is 1290. The lowest BCUT2D eigenvalue weighted by Crippen LogP contribution is -2.46. The molecule has 5 nitrogen and oxygen atoms in total. The van der Waals surface area contributed by atoms with Crippen LogP contribution in [0.15, 0.2) is 47.4 Å². The molecular weight excluding hydrogens is 527 g/mol. The molecule has 1 N–H and O–H groups in total. The van der Waals surface area contributed by atoms with Gasteiger partial charge in [0.1, 0.15) is 10.6 Å². The molecule has 0 atom stereocenters. The van der Waals surface area contributed by atoms with Crippen molar-refractivity contribution in [1.29, 1.82) is 0 Å². The monoisotopic (exact) mass is 547 g/mol. The maximum Gasteiger partial charge on any atom is 0.416 e. The van der Waals surface area contributed by atoms with E-state index in [1.54, 1.807) is 0 Å². The molecule has 0 spiro atoms. The summed E-state index contributed by atoms with van der Waals surface area (Å²) in [4.78, 5) is -0.669. The third-order valence-electron chi connectivity index (χ3n) is 5.96. The van der Waals surface area contributed by atoms with Crippen molar-refractivity contribution in [2.24, 2.45) is 0 Å². The fourth-order valence-corrected chi connectivity index (χ4v) is 7.40. The van der Waals surface area contributed by atoms with Crippen LogP contribution in [0.4, 0.5) is 30.7 Å². The Labute approximate surface area is 197 Å². The number of rotatable bonds is 5. The van der Waals surface area contributed by atoms with Crippen molar-refractivity contribution in [2.75, 3.05) is 6.26 Å². The van der Waals surface area contributed by atoms with Crippen LogP contribution in [-0.4, -0.2) is 29.1 Å². The Balaban J connectivity index is 2.20. The molecule has 0 heterocycles. The second kappa shape index (κ2) is 9.04. The highest BCUT2D eigenvalue weighted by atomic mass is 32.2. The number of alkyl halides is 6. The fraction of sp³-hybridized carbons (Fsp3) is 0.429. The molecule has 0 radical (unpaired) electrons. The van der Waals surface area contributed by atoms with Gasteiger partial charge in [0.05, 0.1) is 22.3 Å². The second-order valence-corrected chi connectivity index (χ2v) is 12.4. The zero-order chi connectivity index (χ0) is 26.4. The maximum absolute atomic E-state index is 14.2. The van der Waals surface area contributed by atoms with Crippen LogP contribution in [0.1, 0.15) is 42.4 Å². The van der Waals surface area contributed by atoms with Crippen LogP contribution >= 0.6 is 0 Å². The van der Waals surface area contributed by atoms with E-state index in [0.717, 1.165) is 6.26 Å². The number of sulfonamides is 1. The highest BCUT2D eigenvalue weighted by Crippen LogP contribution is 2.51. The number of sulfone groups is 1. The molecule has 2 aromatic carbocycles. The first-order valence-corrected chi connectivity index (χ1v) is 13.5. The smallest absolute Gasteiger partial charge is 0.223 e. The van der Waals surface area contributed by atoms with Gasteiger partial charge in [-0.05, 0) is 73.7 Å². The minimum atomic E-state index is -5.06. The molecule has 3 rings (SSSR count). The highest BCUT2D eigenvalue weighted by Gasteiger charge is 2.52. The average Bonchev–Trinajstić information content (AvgIpc) is 2.71. The number of hydrogen-bond acceptors (Lipinski definition) is 4. The summed E-state index contributed by atoms with van der Waals surface area (Å²) in [6, 6.07) is 2.90. The van der Waals surface area contributed by atoms with E-state index in [9.17, 15) is 47.6 Å². The maximum atomic E-state index is 14.2. The Morgan fingerprint density at radius 2 is 1.40 bits per heavy atom. The Kier molecular flexibility index (Phi) is 7.07. The van der Waals surface area contributed by atoms with Crippen molar-refractivity contribution < 1.29 is 47.6 Å². The van der Waals surface area contributed by atoms with E-state index >= 15 is 0 Å². The van der Waals surface area contributed by atoms with Crippen LogP contribution in [0, 0.1) is 5.82 Å². The molecule has 194 valence electrons. The first-order chi connectivity index (χ1) is 15.9. The van der Waals surface area contributed by atoms with E-state index in [1.165, 1.54) is 0 Å². The topological polar surface area (TPSA) is 80.3 Å². The van der Waals surface area contributed by atoms with Gasteiger partial charge < -0.3 is 0 Å². The summed E-state index contributed by atoms with van der Waals surface area (Å²) in [6.45, 7) is 0. The molecule has 0 saturated heterocycles. The number of halogens is 7. The van der Waals surface area contributed by atoms with Gasteiger partial charge in [-0.25, -0.2) is 25.9 Å². The predicted octanol–water partition coefficient (Wildman–Crippen LogP) is 5.02. The average molecular weight is 548 g/mol. The SMILES string of the molecule is CS(=O)(=O)NC1CCC(c2cc(F)ccc2C(F)(F)F)(S(=O)(=O)c2ccc(C(F)(F)F)cc2)CC1. The molecule has 1 fully saturated rings. The fourth-order valence-electron chi connectivity index (χ4n) is 4.38. The van der Waals surface area contributed by atoms with Gasteiger partial charge in [0.15, 0.2) is 9.84 Å². The summed E-state index contributed by atoms with van der Waals surface area (Å²) in [6.07, 6.45) is -10.5. The summed E-state index contributed by atoms with van der Waals surface area (Å²) in [5, 5.41) is 0. The first-order valence-electron chi connectivity index (χ1n) is 10.1. The number of nitrogens with one attached hydrogen (secondary N) is 1. The van der Waals surface area contributed by atoms with Gasteiger partial charge in [0.2, 0.25) is 10.0 Å². The van der Waals surface area contributed by atoms with Crippen LogP contribution in [0.25, 0.3) is 0 Å². The van der Waals surface area contributed by atoms with E-state index < -0.39 is 83.2 Å². The van der Waals surface area contributed by atoms with Crippen molar-refractivity contribution in [3.8, 4) is 0 Å². The van der Waals surface area contributed by atoms with Gasteiger partial charge in [-0.15, -0.1) is 0 Å². The Hall–Kier alpha value is -2.19. The molecule has 0 bridgehead atoms. The molecular formula is C21H20F7NO4S2. The van der Waals surface area contributed by atoms with Gasteiger partial charge in [0.25, 0.3) is 0 Å². The van der Waals surface area contributed by atoms with Gasteiger partial charge in [-0.1, -0.05) is 0 Å². The zero-order valence-corrected chi connectivity index (χ0v) is 19.7. The summed E-state index contributed by atoms with van der Waals surface area (Å²) >= 11 is 0. The van der Waals surface area contributed by atoms with Crippen LogP contribution in [0.2, 0.25) is 0 Å². The molecule has 0 amide bonds. The minimum Gasteiger partial charge on any atom is -0.223 e. The van der Waals surface area contributed by atoms with E-state index in [0.29, 0.717) is 42.5 Å². The normalized spacial score (nSPS) is 22.2. The van der Waals surface area contributed by atoms with E-state index in [-0.39, 0.29) is 12.8 Å². The highest BCUT2D eigenvalue weighted by molar-refractivity contribution is 7.92. The van der Waals surface area contributed by atoms with Crippen LogP contribution in [-0.2, 0) is 37.0 Å². The molecule has 0 unspecified atom stereocenters. The van der Waals surface area contributed by atoms with Crippen LogP contribution < -0.4 is 4.72 Å². The lowest BCUT2D eigenvalue weighted by molar-refractivity contribution is -0.139. The Morgan fingerprint density at radius 1 is 0.857 bits per heavy atom. The third-order valence-corrected chi connectivity index (χ3v) is 9.27. The zero-order valence-electron chi connectivity index (χ0n) is 18.0. The molecule has 14 heteroatoms. The quantitative estimate of drug-likeness (QED) is 0.533. The molecule has 2 aromatic rings. The number of hydrogen-bond donors (Lipinski definition) is 1. The Morgan fingerprint density at radius 3 is 1.86 bits per heavy atom. The van der Waals surface area contributed by atoms with E-state index in [1.807, 2.05) is 0 Å². The van der Waals surface area contributed by atoms with Gasteiger partial charge in [-0.3, -0.25) is 0 Å². The molecule has 0 aromatic heterocycles. The lowest BCUT2D eigenvalue weighted by Gasteiger charge is -2.41. The summed E-state index contributed by atoms with van der Waals surface area (Å²) in [7, 11) is -8.53. The van der Waals surface area contributed by atoms with Crippen LogP contribution in [0.3, 0.4) is 0 Å². The van der Waals surface area contributed by atoms with E-state index in [4.69, 9.17) is 0 Å². The van der Waals surface area contributed by atoms with Gasteiger partial charge in [-0.2, -0.15) is 26.3 Å². The van der Waals surface area contributed by atoms with Crippen molar-refractivity contribution in [3.05, 3.63) is 65.0 Å². The standard InChI is InChI=1S/C21H20F7NO4S2/c1-34(30,31)29-15-8-10-19(11-9-15,18-12-14(22)4-7-17(18)21(26,27)28)35(32,33)16-5-2-13(3-6-16)20(23,24)25/h2-7,12,15,29H,8-11H2,1H3. The third kappa shape index (κ3) is 5.64. The lowest BCUT2D eigenvalue weighted by atomic mass is 9.79. The van der Waals surface area contributed by atoms with Gasteiger partial charge >= 0.3 is 12.4 Å². The molecule has 0 aliphatic heterocycles. The molecule has 1 aliphatic carbocycles. The molecule has 35 heavy (non-hydrogen) atoms. The van der Waals surface area contributed by atoms with E-state index in [2.05, 4.69) is 4.72 Å². The minimum absolute atomic E-state index is 0.208. The molecule has 1 aliphatic rings. The predicted molar refractivity (Wildman–Crippen MR) is 112 cm³/mol. The van der Waals surface area contributed by atoms with Gasteiger partial charge in [0, 0.05) is 6.04 Å². The summed E-state index contributed by atoms with van der Waals surface area (Å²) in [5.74, 6) is -1.13. The van der Waals surface area contributed by atoms with Crippen LogP contribution in [0.5, 0.6) is 0 Å². The van der Waals surface area contributed by atoms with Crippen molar-refractivity contribution in [3.63, 3.8) is 0 Å². The van der Waals surface area contributed by atoms with Crippen molar-refractivity contribution in [1.82, 2.24) is 4.72 Å². The molecule has 1 saturated carbocycles. The van der Waals surface area contributed by atoms with Crippen molar-refractivity contribution in [2.45, 2.75) is 53.7 Å². The number of benzene rings is 2. The summed E-state index contributed by atoms with van der Waals surface area (Å²) < 4.78 is 145. The largest absolute Gasteiger partial charge is 0.416 e. The van der Waals surface area contributed by atoms with Crippen molar-refractivity contribution >= 4 is 19.9 Å². The summed E-state index contributed by atoms with van der Waals surface area (Å²) in [5.41, 5.74) is -3.43. The second-order valence-electron chi connectivity index (χ2n) is 8.37. The first kappa shape index (κ1) is 27.4.